The molecule has 0 saturated heterocycles. The summed E-state index contributed by atoms with van der Waals surface area (Å²) in [5.41, 5.74) is 2.26. The first kappa shape index (κ1) is 12.9. The molecule has 0 aliphatic heterocycles. The number of nitrogens with one attached hydrogen (secondary N) is 1. The summed E-state index contributed by atoms with van der Waals surface area (Å²) in [7, 11) is 1.94. The Hall–Kier alpha value is -1.58. The lowest BCUT2D eigenvalue weighted by atomic mass is 9.97. The van der Waals surface area contributed by atoms with Crippen LogP contribution in [-0.2, 0) is 4.74 Å². The van der Waals surface area contributed by atoms with Crippen molar-refractivity contribution in [3.8, 4) is 0 Å². The Labute approximate surface area is 108 Å². The van der Waals surface area contributed by atoms with Crippen LogP contribution in [0.1, 0.15) is 30.2 Å². The number of likely N-dealkylation sites (N-methyl/N-ethyl adjacent to an activating group) is 1. The molecule has 1 aromatic heterocycles. The number of hydrogen-bond acceptors (Lipinski definition) is 3. The normalized spacial score (nSPS) is 14.3. The van der Waals surface area contributed by atoms with Crippen molar-refractivity contribution in [3.05, 3.63) is 60.1 Å². The van der Waals surface area contributed by atoms with Crippen molar-refractivity contribution in [3.63, 3.8) is 0 Å². The maximum Gasteiger partial charge on any atom is 0.102 e. The van der Waals surface area contributed by atoms with Crippen LogP contribution >= 0.6 is 0 Å². The van der Waals surface area contributed by atoms with E-state index in [-0.39, 0.29) is 12.1 Å². The summed E-state index contributed by atoms with van der Waals surface area (Å²) in [6, 6.07) is 12.3. The first-order valence-corrected chi connectivity index (χ1v) is 6.22. The third-order valence-electron chi connectivity index (χ3n) is 2.99. The predicted octanol–water partition coefficient (Wildman–Crippen LogP) is 3.32. The second kappa shape index (κ2) is 6.38. The summed E-state index contributed by atoms with van der Waals surface area (Å²) in [5.74, 6) is 0. The fourth-order valence-corrected chi connectivity index (χ4v) is 2.15. The molecule has 0 amide bonds. The van der Waals surface area contributed by atoms with E-state index < -0.39 is 0 Å². The Morgan fingerprint density at radius 1 is 1.17 bits per heavy atom. The van der Waals surface area contributed by atoms with E-state index >= 15 is 0 Å². The van der Waals surface area contributed by atoms with Gasteiger partial charge in [-0.05, 0) is 25.6 Å². The third-order valence-corrected chi connectivity index (χ3v) is 2.99. The zero-order valence-electron chi connectivity index (χ0n) is 10.8. The largest absolute Gasteiger partial charge is 0.472 e. The van der Waals surface area contributed by atoms with E-state index in [4.69, 9.17) is 9.15 Å². The van der Waals surface area contributed by atoms with Crippen molar-refractivity contribution in [2.75, 3.05) is 13.7 Å². The van der Waals surface area contributed by atoms with E-state index in [1.807, 2.05) is 38.2 Å². The molecule has 2 rings (SSSR count). The molecule has 1 aromatic carbocycles. The van der Waals surface area contributed by atoms with Crippen LogP contribution < -0.4 is 5.32 Å². The van der Waals surface area contributed by atoms with Gasteiger partial charge in [-0.25, -0.2) is 0 Å². The standard InChI is InChI=1S/C15H19NO2/c1-3-18-15(12-7-5-4-6-8-12)14(16-2)13-9-10-17-11-13/h4-11,14-16H,3H2,1-2H3. The van der Waals surface area contributed by atoms with Crippen molar-refractivity contribution in [1.82, 2.24) is 5.32 Å². The van der Waals surface area contributed by atoms with E-state index in [0.29, 0.717) is 6.61 Å². The molecule has 1 heterocycles. The zero-order chi connectivity index (χ0) is 12.8. The van der Waals surface area contributed by atoms with Gasteiger partial charge < -0.3 is 14.5 Å². The maximum absolute atomic E-state index is 5.90. The summed E-state index contributed by atoms with van der Waals surface area (Å²) in [6.45, 7) is 2.69. The molecule has 2 atom stereocenters. The molecule has 18 heavy (non-hydrogen) atoms. The van der Waals surface area contributed by atoms with Gasteiger partial charge in [0.05, 0.1) is 18.6 Å². The molecule has 1 N–H and O–H groups in total. The van der Waals surface area contributed by atoms with Gasteiger partial charge >= 0.3 is 0 Å². The zero-order valence-corrected chi connectivity index (χ0v) is 10.8. The van der Waals surface area contributed by atoms with Gasteiger partial charge in [0.25, 0.3) is 0 Å². The van der Waals surface area contributed by atoms with Gasteiger partial charge in [0.15, 0.2) is 0 Å². The fourth-order valence-electron chi connectivity index (χ4n) is 2.15. The first-order valence-electron chi connectivity index (χ1n) is 6.22. The Kier molecular flexibility index (Phi) is 4.56. The molecule has 0 aliphatic rings. The van der Waals surface area contributed by atoms with Gasteiger partial charge in [-0.15, -0.1) is 0 Å². The molecule has 0 fully saturated rings. The highest BCUT2D eigenvalue weighted by Gasteiger charge is 2.24. The molecule has 2 aromatic rings. The summed E-state index contributed by atoms with van der Waals surface area (Å²) >= 11 is 0. The van der Waals surface area contributed by atoms with Gasteiger partial charge in [-0.1, -0.05) is 30.3 Å². The average Bonchev–Trinajstić information content (AvgIpc) is 2.94. The SMILES string of the molecule is CCOC(c1ccccc1)C(NC)c1ccoc1. The van der Waals surface area contributed by atoms with Crippen molar-refractivity contribution in [2.45, 2.75) is 19.1 Å². The van der Waals surface area contributed by atoms with Gasteiger partial charge in [0, 0.05) is 12.2 Å². The quantitative estimate of drug-likeness (QED) is 0.847. The lowest BCUT2D eigenvalue weighted by Gasteiger charge is -2.26. The molecule has 0 bridgehead atoms. The van der Waals surface area contributed by atoms with Crippen LogP contribution in [0.5, 0.6) is 0 Å². The summed E-state index contributed by atoms with van der Waals surface area (Å²) in [6.07, 6.45) is 3.43. The minimum absolute atomic E-state index is 0.0150. The maximum atomic E-state index is 5.90. The van der Waals surface area contributed by atoms with E-state index in [1.165, 1.54) is 5.56 Å². The summed E-state index contributed by atoms with van der Waals surface area (Å²) < 4.78 is 11.1. The predicted molar refractivity (Wildman–Crippen MR) is 71.3 cm³/mol. The van der Waals surface area contributed by atoms with Crippen LogP contribution in [0.25, 0.3) is 0 Å². The number of rotatable bonds is 6. The van der Waals surface area contributed by atoms with Crippen LogP contribution in [0.3, 0.4) is 0 Å². The number of ether oxygens (including phenoxy) is 1. The van der Waals surface area contributed by atoms with Crippen LogP contribution in [0.2, 0.25) is 0 Å². The number of benzene rings is 1. The van der Waals surface area contributed by atoms with Gasteiger partial charge in [0.1, 0.15) is 6.10 Å². The molecule has 2 unspecified atom stereocenters. The highest BCUT2D eigenvalue weighted by atomic mass is 16.5. The van der Waals surface area contributed by atoms with E-state index in [1.54, 1.807) is 12.5 Å². The number of hydrogen-bond donors (Lipinski definition) is 1. The third kappa shape index (κ3) is 2.81. The summed E-state index contributed by atoms with van der Waals surface area (Å²) in [5, 5.41) is 3.30. The van der Waals surface area contributed by atoms with Crippen LogP contribution in [-0.4, -0.2) is 13.7 Å². The monoisotopic (exact) mass is 245 g/mol. The van der Waals surface area contributed by atoms with Crippen molar-refractivity contribution >= 4 is 0 Å². The van der Waals surface area contributed by atoms with Gasteiger partial charge in [-0.2, -0.15) is 0 Å². The molecule has 3 nitrogen and oxygen atoms in total. The minimum atomic E-state index is -0.0150. The van der Waals surface area contributed by atoms with Crippen LogP contribution in [0.4, 0.5) is 0 Å². The Balaban J connectivity index is 2.28. The van der Waals surface area contributed by atoms with E-state index in [0.717, 1.165) is 5.56 Å². The van der Waals surface area contributed by atoms with E-state index in [2.05, 4.69) is 17.4 Å². The molecule has 96 valence electrons. The van der Waals surface area contributed by atoms with Gasteiger partial charge in [0.2, 0.25) is 0 Å². The Morgan fingerprint density at radius 2 is 1.94 bits per heavy atom. The van der Waals surface area contributed by atoms with Crippen LogP contribution in [0.15, 0.2) is 53.3 Å². The second-order valence-electron chi connectivity index (χ2n) is 4.11. The van der Waals surface area contributed by atoms with E-state index in [9.17, 15) is 0 Å². The van der Waals surface area contributed by atoms with Gasteiger partial charge in [-0.3, -0.25) is 0 Å². The molecular formula is C15H19NO2. The molecule has 0 spiro atoms. The molecule has 0 saturated carbocycles. The van der Waals surface area contributed by atoms with Crippen LogP contribution in [0, 0.1) is 0 Å². The van der Waals surface area contributed by atoms with Crippen molar-refractivity contribution < 1.29 is 9.15 Å². The fraction of sp³-hybridized carbons (Fsp3) is 0.333. The first-order chi connectivity index (χ1) is 8.86. The smallest absolute Gasteiger partial charge is 0.102 e. The number of furan rings is 1. The summed E-state index contributed by atoms with van der Waals surface area (Å²) in [4.78, 5) is 0. The molecular weight excluding hydrogens is 226 g/mol. The lowest BCUT2D eigenvalue weighted by Crippen LogP contribution is -2.25. The Morgan fingerprint density at radius 3 is 2.50 bits per heavy atom. The van der Waals surface area contributed by atoms with Crippen molar-refractivity contribution in [2.24, 2.45) is 0 Å². The Bertz CT molecular complexity index is 439. The second-order valence-corrected chi connectivity index (χ2v) is 4.11. The topological polar surface area (TPSA) is 34.4 Å². The minimum Gasteiger partial charge on any atom is -0.472 e. The average molecular weight is 245 g/mol. The van der Waals surface area contributed by atoms with Crippen molar-refractivity contribution in [1.29, 1.82) is 0 Å². The highest BCUT2D eigenvalue weighted by Crippen LogP contribution is 2.31. The molecule has 0 aliphatic carbocycles. The molecule has 0 radical (unpaired) electrons. The lowest BCUT2D eigenvalue weighted by molar-refractivity contribution is 0.0346. The molecule has 3 heteroatoms. The highest BCUT2D eigenvalue weighted by molar-refractivity contribution is 5.24.